The van der Waals surface area contributed by atoms with Gasteiger partial charge in [0, 0.05) is 5.69 Å². The van der Waals surface area contributed by atoms with Gasteiger partial charge in [-0.2, -0.15) is 0 Å². The van der Waals surface area contributed by atoms with Crippen LogP contribution < -0.4 is 10.8 Å². The predicted octanol–water partition coefficient (Wildman–Crippen LogP) is 3.51. The molecule has 27 heavy (non-hydrogen) atoms. The highest BCUT2D eigenvalue weighted by molar-refractivity contribution is 5.93. The average molecular weight is 360 g/mol. The third-order valence-corrected chi connectivity index (χ3v) is 4.22. The van der Waals surface area contributed by atoms with E-state index in [0.717, 1.165) is 11.1 Å². The summed E-state index contributed by atoms with van der Waals surface area (Å²) in [5.74, 6) is -1.35. The van der Waals surface area contributed by atoms with Crippen molar-refractivity contribution in [2.24, 2.45) is 0 Å². The van der Waals surface area contributed by atoms with Gasteiger partial charge in [-0.1, -0.05) is 72.8 Å². The van der Waals surface area contributed by atoms with E-state index in [1.807, 2.05) is 60.7 Å². The number of hydrogen-bond donors (Lipinski definition) is 3. The summed E-state index contributed by atoms with van der Waals surface area (Å²) in [7, 11) is 0. The zero-order chi connectivity index (χ0) is 19.1. The van der Waals surface area contributed by atoms with E-state index in [1.54, 1.807) is 29.7 Å². The van der Waals surface area contributed by atoms with Crippen LogP contribution in [0.1, 0.15) is 22.6 Å². The highest BCUT2D eigenvalue weighted by Gasteiger charge is 2.22. The summed E-state index contributed by atoms with van der Waals surface area (Å²) < 4.78 is 0. The molecule has 0 spiro atoms. The smallest absolute Gasteiger partial charge is 0.255 e. The number of amides is 2. The van der Waals surface area contributed by atoms with Crippen molar-refractivity contribution in [2.45, 2.75) is 12.3 Å². The van der Waals surface area contributed by atoms with E-state index in [4.69, 9.17) is 5.21 Å². The Bertz CT molecular complexity index is 911. The number of hydroxylamine groups is 1. The monoisotopic (exact) mass is 360 g/mol. The number of hydrogen-bond acceptors (Lipinski definition) is 3. The van der Waals surface area contributed by atoms with Crippen LogP contribution in [-0.2, 0) is 16.0 Å². The lowest BCUT2D eigenvalue weighted by Gasteiger charge is -2.17. The van der Waals surface area contributed by atoms with Crippen molar-refractivity contribution in [1.29, 1.82) is 0 Å². The van der Waals surface area contributed by atoms with Crippen LogP contribution in [0.2, 0.25) is 0 Å². The van der Waals surface area contributed by atoms with E-state index in [-0.39, 0.29) is 12.3 Å². The molecule has 3 aromatic rings. The fraction of sp³-hybridized carbons (Fsp3) is 0.0909. The Labute approximate surface area is 157 Å². The molecule has 5 heteroatoms. The van der Waals surface area contributed by atoms with E-state index in [1.165, 1.54) is 0 Å². The first-order valence-electron chi connectivity index (χ1n) is 8.60. The highest BCUT2D eigenvalue weighted by Crippen LogP contribution is 2.27. The lowest BCUT2D eigenvalue weighted by molar-refractivity contribution is -0.129. The molecular weight excluding hydrogens is 340 g/mol. The van der Waals surface area contributed by atoms with Crippen molar-refractivity contribution in [3.05, 3.63) is 102 Å². The van der Waals surface area contributed by atoms with E-state index in [9.17, 15) is 9.59 Å². The van der Waals surface area contributed by atoms with Crippen LogP contribution in [-0.4, -0.2) is 17.0 Å². The molecule has 0 aliphatic rings. The van der Waals surface area contributed by atoms with E-state index >= 15 is 0 Å². The van der Waals surface area contributed by atoms with Gasteiger partial charge < -0.3 is 5.32 Å². The molecule has 0 aromatic heterocycles. The van der Waals surface area contributed by atoms with E-state index in [0.29, 0.717) is 11.3 Å². The zero-order valence-corrected chi connectivity index (χ0v) is 14.6. The number of nitrogens with one attached hydrogen (secondary N) is 2. The molecular formula is C22H20N2O3. The van der Waals surface area contributed by atoms with E-state index in [2.05, 4.69) is 5.32 Å². The van der Waals surface area contributed by atoms with Crippen LogP contribution in [0.3, 0.4) is 0 Å². The second kappa shape index (κ2) is 8.78. The van der Waals surface area contributed by atoms with Gasteiger partial charge in [0.1, 0.15) is 0 Å². The van der Waals surface area contributed by atoms with Gasteiger partial charge in [-0.3, -0.25) is 14.8 Å². The maximum Gasteiger partial charge on any atom is 0.255 e. The van der Waals surface area contributed by atoms with Crippen LogP contribution >= 0.6 is 0 Å². The molecule has 0 bridgehead atoms. The Hall–Kier alpha value is -3.44. The second-order valence-corrected chi connectivity index (χ2v) is 6.16. The predicted molar refractivity (Wildman–Crippen MR) is 103 cm³/mol. The fourth-order valence-electron chi connectivity index (χ4n) is 2.99. The summed E-state index contributed by atoms with van der Waals surface area (Å²) in [6.45, 7) is 0. The molecule has 0 heterocycles. The molecule has 5 nitrogen and oxygen atoms in total. The second-order valence-electron chi connectivity index (χ2n) is 6.16. The molecule has 0 saturated heterocycles. The van der Waals surface area contributed by atoms with Crippen LogP contribution in [0.4, 0.5) is 5.69 Å². The third kappa shape index (κ3) is 4.80. The van der Waals surface area contributed by atoms with Gasteiger partial charge in [0.2, 0.25) is 5.91 Å². The van der Waals surface area contributed by atoms with Crippen molar-refractivity contribution in [2.75, 3.05) is 5.32 Å². The van der Waals surface area contributed by atoms with Gasteiger partial charge in [-0.05, 0) is 28.8 Å². The minimum absolute atomic E-state index is 0.138. The Morgan fingerprint density at radius 1 is 0.815 bits per heavy atom. The molecule has 1 atom stereocenters. The summed E-state index contributed by atoms with van der Waals surface area (Å²) in [6, 6.07) is 25.7. The number of carbonyl (C=O) groups excluding carboxylic acids is 2. The number of benzene rings is 3. The van der Waals surface area contributed by atoms with Crippen LogP contribution in [0.15, 0.2) is 84.9 Å². The zero-order valence-electron chi connectivity index (χ0n) is 14.6. The Morgan fingerprint density at radius 2 is 1.44 bits per heavy atom. The summed E-state index contributed by atoms with van der Waals surface area (Å²) in [5.41, 5.74) is 4.67. The third-order valence-electron chi connectivity index (χ3n) is 4.22. The summed E-state index contributed by atoms with van der Waals surface area (Å²) in [4.78, 5) is 24.5. The molecule has 3 aromatic carbocycles. The van der Waals surface area contributed by atoms with Crippen LogP contribution in [0, 0.1) is 0 Å². The summed E-state index contributed by atoms with van der Waals surface area (Å²) >= 11 is 0. The van der Waals surface area contributed by atoms with Crippen molar-refractivity contribution in [3.8, 4) is 0 Å². The lowest BCUT2D eigenvalue weighted by Crippen LogP contribution is -2.27. The molecule has 1 unspecified atom stereocenters. The molecule has 136 valence electrons. The number of carbonyl (C=O) groups is 2. The maximum atomic E-state index is 12.3. The number of rotatable bonds is 6. The summed E-state index contributed by atoms with van der Waals surface area (Å²) in [5, 5.41) is 12.0. The van der Waals surface area contributed by atoms with Crippen LogP contribution in [0.25, 0.3) is 0 Å². The molecule has 0 radical (unpaired) electrons. The molecule has 3 rings (SSSR count). The van der Waals surface area contributed by atoms with Gasteiger partial charge in [0.05, 0.1) is 12.3 Å². The van der Waals surface area contributed by atoms with Gasteiger partial charge in [0.25, 0.3) is 5.91 Å². The summed E-state index contributed by atoms with van der Waals surface area (Å²) in [6.07, 6.45) is 0.268. The Kier molecular flexibility index (Phi) is 5.97. The van der Waals surface area contributed by atoms with Gasteiger partial charge >= 0.3 is 0 Å². The minimum atomic E-state index is -0.679. The molecule has 0 aliphatic heterocycles. The standard InChI is InChI=1S/C22H20N2O3/c25-20(14-16-8-3-1-4-9-16)23-19-13-7-12-18(15-19)21(22(26)24-27)17-10-5-2-6-11-17/h1-13,15,21,27H,14H2,(H,23,25)(H,24,26). The van der Waals surface area contributed by atoms with E-state index < -0.39 is 11.8 Å². The minimum Gasteiger partial charge on any atom is -0.326 e. The van der Waals surface area contributed by atoms with Crippen LogP contribution in [0.5, 0.6) is 0 Å². The first-order chi connectivity index (χ1) is 13.2. The largest absolute Gasteiger partial charge is 0.326 e. The quantitative estimate of drug-likeness (QED) is 0.465. The van der Waals surface area contributed by atoms with Crippen molar-refractivity contribution in [1.82, 2.24) is 5.48 Å². The van der Waals surface area contributed by atoms with Gasteiger partial charge in [0.15, 0.2) is 0 Å². The van der Waals surface area contributed by atoms with Gasteiger partial charge in [-0.25, -0.2) is 5.48 Å². The normalized spacial score (nSPS) is 11.4. The molecule has 3 N–H and O–H groups in total. The molecule has 0 saturated carbocycles. The first-order valence-corrected chi connectivity index (χ1v) is 8.60. The number of anilines is 1. The first kappa shape index (κ1) is 18.4. The average Bonchev–Trinajstić information content (AvgIpc) is 2.70. The van der Waals surface area contributed by atoms with Crippen molar-refractivity contribution >= 4 is 17.5 Å². The molecule has 2 amide bonds. The topological polar surface area (TPSA) is 78.4 Å². The molecule has 0 aliphatic carbocycles. The van der Waals surface area contributed by atoms with Crippen molar-refractivity contribution < 1.29 is 14.8 Å². The van der Waals surface area contributed by atoms with Crippen molar-refractivity contribution in [3.63, 3.8) is 0 Å². The SMILES string of the molecule is O=C(Cc1ccccc1)Nc1cccc(C(C(=O)NO)c2ccccc2)c1. The Morgan fingerprint density at radius 3 is 2.11 bits per heavy atom. The highest BCUT2D eigenvalue weighted by atomic mass is 16.5. The maximum absolute atomic E-state index is 12.3. The molecule has 0 fully saturated rings. The van der Waals surface area contributed by atoms with Gasteiger partial charge in [-0.15, -0.1) is 0 Å². The lowest BCUT2D eigenvalue weighted by atomic mass is 9.90. The Balaban J connectivity index is 1.81. The fourth-order valence-corrected chi connectivity index (χ4v) is 2.99.